The normalized spacial score (nSPS) is 11.0. The fourth-order valence-electron chi connectivity index (χ4n) is 3.31. The Hall–Kier alpha value is -4.14. The molecular formula is C29H24N2O4S2. The van der Waals surface area contributed by atoms with Crippen LogP contribution in [0.15, 0.2) is 106 Å². The van der Waals surface area contributed by atoms with Gasteiger partial charge in [0.15, 0.2) is 5.78 Å². The molecule has 0 radical (unpaired) electrons. The molecule has 37 heavy (non-hydrogen) atoms. The first-order chi connectivity index (χ1) is 18.0. The first kappa shape index (κ1) is 25.9. The van der Waals surface area contributed by atoms with Crippen molar-refractivity contribution in [2.75, 3.05) is 18.2 Å². The Morgan fingerprint density at radius 3 is 2.27 bits per heavy atom. The number of ketones is 1. The minimum Gasteiger partial charge on any atom is -0.497 e. The van der Waals surface area contributed by atoms with Gasteiger partial charge in [-0.3, -0.25) is 14.4 Å². The van der Waals surface area contributed by atoms with Crippen LogP contribution in [0.5, 0.6) is 5.75 Å². The summed E-state index contributed by atoms with van der Waals surface area (Å²) in [4.78, 5) is 39.1. The fraction of sp³-hybridized carbons (Fsp3) is 0.0690. The van der Waals surface area contributed by atoms with E-state index >= 15 is 0 Å². The number of rotatable bonds is 10. The van der Waals surface area contributed by atoms with Crippen LogP contribution in [0.3, 0.4) is 0 Å². The van der Waals surface area contributed by atoms with E-state index in [4.69, 9.17) is 4.74 Å². The third kappa shape index (κ3) is 7.42. The molecule has 2 amide bonds. The van der Waals surface area contributed by atoms with Gasteiger partial charge < -0.3 is 15.4 Å². The molecule has 2 N–H and O–H groups in total. The van der Waals surface area contributed by atoms with Crippen molar-refractivity contribution in [2.45, 2.75) is 4.90 Å². The molecule has 1 aromatic heterocycles. The summed E-state index contributed by atoms with van der Waals surface area (Å²) in [5.74, 6) is 0.199. The minimum atomic E-state index is -0.439. The first-order valence-electron chi connectivity index (χ1n) is 11.3. The van der Waals surface area contributed by atoms with Crippen LogP contribution < -0.4 is 15.4 Å². The predicted molar refractivity (Wildman–Crippen MR) is 149 cm³/mol. The number of ether oxygens (including phenoxy) is 1. The maximum atomic E-state index is 13.1. The number of anilines is 1. The summed E-state index contributed by atoms with van der Waals surface area (Å²) in [6.45, 7) is 0. The van der Waals surface area contributed by atoms with Crippen molar-refractivity contribution in [3.05, 3.63) is 118 Å². The van der Waals surface area contributed by atoms with Crippen molar-refractivity contribution < 1.29 is 19.1 Å². The molecule has 186 valence electrons. The number of carbonyl (C=O) groups is 3. The zero-order chi connectivity index (χ0) is 26.0. The van der Waals surface area contributed by atoms with Crippen LogP contribution in [-0.2, 0) is 4.79 Å². The van der Waals surface area contributed by atoms with Crippen molar-refractivity contribution in [2.24, 2.45) is 0 Å². The van der Waals surface area contributed by atoms with Crippen molar-refractivity contribution in [1.82, 2.24) is 5.32 Å². The Morgan fingerprint density at radius 2 is 1.62 bits per heavy atom. The van der Waals surface area contributed by atoms with E-state index in [2.05, 4.69) is 10.6 Å². The van der Waals surface area contributed by atoms with Gasteiger partial charge >= 0.3 is 0 Å². The molecule has 4 aromatic rings. The highest BCUT2D eigenvalue weighted by molar-refractivity contribution is 8.00. The number of nitrogens with one attached hydrogen (secondary N) is 2. The van der Waals surface area contributed by atoms with Gasteiger partial charge in [0.25, 0.3) is 11.8 Å². The Kier molecular flexibility index (Phi) is 8.91. The van der Waals surface area contributed by atoms with Crippen LogP contribution >= 0.6 is 23.1 Å². The van der Waals surface area contributed by atoms with Crippen LogP contribution in [-0.4, -0.2) is 30.5 Å². The Labute approximate surface area is 223 Å². The van der Waals surface area contributed by atoms with Gasteiger partial charge in [0, 0.05) is 21.7 Å². The van der Waals surface area contributed by atoms with Gasteiger partial charge in [-0.05, 0) is 89.1 Å². The van der Waals surface area contributed by atoms with Crippen molar-refractivity contribution in [1.29, 1.82) is 0 Å². The first-order valence-corrected chi connectivity index (χ1v) is 13.3. The standard InChI is InChI=1S/C29H24N2O4S2/c1-35-24-11-7-21(8-12-24)27(32)19-37-25-13-9-23(10-14-25)30-29(34)26(17-20-15-16-36-18-20)31-28(33)22-5-3-2-4-6-22/h2-18H,19H2,1H3,(H,30,34)(H,31,33)/b26-17-. The Morgan fingerprint density at radius 1 is 0.892 bits per heavy atom. The molecular weight excluding hydrogens is 504 g/mol. The van der Waals surface area contributed by atoms with E-state index in [0.717, 1.165) is 10.5 Å². The van der Waals surface area contributed by atoms with Gasteiger partial charge in [-0.1, -0.05) is 18.2 Å². The number of benzene rings is 3. The summed E-state index contributed by atoms with van der Waals surface area (Å²) >= 11 is 2.92. The third-order valence-electron chi connectivity index (χ3n) is 5.28. The maximum Gasteiger partial charge on any atom is 0.272 e. The number of amides is 2. The lowest BCUT2D eigenvalue weighted by Crippen LogP contribution is -2.30. The zero-order valence-electron chi connectivity index (χ0n) is 20.0. The summed E-state index contributed by atoms with van der Waals surface area (Å²) in [6, 6.07) is 24.8. The summed E-state index contributed by atoms with van der Waals surface area (Å²) in [5.41, 5.74) is 2.60. The predicted octanol–water partition coefficient (Wildman–Crippen LogP) is 6.14. The molecule has 0 aliphatic rings. The van der Waals surface area contributed by atoms with E-state index in [1.165, 1.54) is 23.1 Å². The van der Waals surface area contributed by atoms with E-state index in [1.807, 2.05) is 35.0 Å². The number of carbonyl (C=O) groups excluding carboxylic acids is 3. The lowest BCUT2D eigenvalue weighted by Gasteiger charge is -2.11. The lowest BCUT2D eigenvalue weighted by molar-refractivity contribution is -0.113. The SMILES string of the molecule is COc1ccc(C(=O)CSc2ccc(NC(=O)/C(=C/c3ccsc3)NC(=O)c3ccccc3)cc2)cc1. The number of Topliss-reactive ketones (excluding diaryl/α,β-unsaturated/α-hetero) is 1. The van der Waals surface area contributed by atoms with Gasteiger partial charge in [0.05, 0.1) is 12.9 Å². The van der Waals surface area contributed by atoms with Crippen molar-refractivity contribution in [3.63, 3.8) is 0 Å². The molecule has 8 heteroatoms. The monoisotopic (exact) mass is 528 g/mol. The van der Waals surface area contributed by atoms with Gasteiger partial charge in [0.2, 0.25) is 0 Å². The zero-order valence-corrected chi connectivity index (χ0v) is 21.6. The van der Waals surface area contributed by atoms with E-state index in [-0.39, 0.29) is 23.1 Å². The summed E-state index contributed by atoms with van der Waals surface area (Å²) in [7, 11) is 1.58. The molecule has 0 atom stereocenters. The van der Waals surface area contributed by atoms with Gasteiger partial charge in [0.1, 0.15) is 11.4 Å². The van der Waals surface area contributed by atoms with Crippen LogP contribution in [0.25, 0.3) is 6.08 Å². The topological polar surface area (TPSA) is 84.5 Å². The molecule has 0 spiro atoms. The van der Waals surface area contributed by atoms with Crippen LogP contribution in [0.1, 0.15) is 26.3 Å². The van der Waals surface area contributed by atoms with Crippen molar-refractivity contribution in [3.8, 4) is 5.75 Å². The number of thiophene rings is 1. The van der Waals surface area contributed by atoms with Crippen LogP contribution in [0.2, 0.25) is 0 Å². The van der Waals surface area contributed by atoms with E-state index in [0.29, 0.717) is 22.6 Å². The average Bonchev–Trinajstić information content (AvgIpc) is 3.46. The number of hydrogen-bond donors (Lipinski definition) is 2. The smallest absolute Gasteiger partial charge is 0.272 e. The highest BCUT2D eigenvalue weighted by Gasteiger charge is 2.15. The lowest BCUT2D eigenvalue weighted by atomic mass is 10.1. The molecule has 0 aliphatic carbocycles. The molecule has 3 aromatic carbocycles. The van der Waals surface area contributed by atoms with Gasteiger partial charge in [-0.15, -0.1) is 11.8 Å². The molecule has 6 nitrogen and oxygen atoms in total. The summed E-state index contributed by atoms with van der Waals surface area (Å²) < 4.78 is 5.13. The quantitative estimate of drug-likeness (QED) is 0.147. The second-order valence-corrected chi connectivity index (χ2v) is 9.68. The summed E-state index contributed by atoms with van der Waals surface area (Å²) in [5, 5.41) is 9.35. The summed E-state index contributed by atoms with van der Waals surface area (Å²) in [6.07, 6.45) is 1.64. The number of hydrogen-bond acceptors (Lipinski definition) is 6. The molecule has 0 aliphatic heterocycles. The van der Waals surface area contributed by atoms with Crippen molar-refractivity contribution >= 4 is 52.5 Å². The van der Waals surface area contributed by atoms with E-state index in [9.17, 15) is 14.4 Å². The fourth-order valence-corrected chi connectivity index (χ4v) is 4.72. The molecule has 4 rings (SSSR count). The molecule has 0 fully saturated rings. The van der Waals surface area contributed by atoms with Gasteiger partial charge in [-0.2, -0.15) is 11.3 Å². The number of thioether (sulfide) groups is 1. The second-order valence-electron chi connectivity index (χ2n) is 7.85. The maximum absolute atomic E-state index is 13.1. The van der Waals surface area contributed by atoms with E-state index in [1.54, 1.807) is 73.8 Å². The molecule has 0 unspecified atom stereocenters. The molecule has 0 saturated heterocycles. The average molecular weight is 529 g/mol. The van der Waals surface area contributed by atoms with Crippen LogP contribution in [0, 0.1) is 0 Å². The highest BCUT2D eigenvalue weighted by atomic mass is 32.2. The second kappa shape index (κ2) is 12.7. The highest BCUT2D eigenvalue weighted by Crippen LogP contribution is 2.23. The van der Waals surface area contributed by atoms with Gasteiger partial charge in [-0.25, -0.2) is 0 Å². The minimum absolute atomic E-state index is 0.0161. The Balaban J connectivity index is 1.38. The third-order valence-corrected chi connectivity index (χ3v) is 6.99. The van der Waals surface area contributed by atoms with Crippen LogP contribution in [0.4, 0.5) is 5.69 Å². The van der Waals surface area contributed by atoms with E-state index < -0.39 is 5.91 Å². The Bertz CT molecular complexity index is 1380. The molecule has 0 bridgehead atoms. The largest absolute Gasteiger partial charge is 0.497 e. The molecule has 1 heterocycles. The molecule has 0 saturated carbocycles. The number of methoxy groups -OCH3 is 1.